The molecule has 0 aliphatic heterocycles. The summed E-state index contributed by atoms with van der Waals surface area (Å²) >= 11 is 0. The van der Waals surface area contributed by atoms with E-state index in [0.29, 0.717) is 11.7 Å². The van der Waals surface area contributed by atoms with E-state index in [-0.39, 0.29) is 11.4 Å². The lowest BCUT2D eigenvalue weighted by Gasteiger charge is -2.26. The molecule has 2 rings (SSSR count). The lowest BCUT2D eigenvalue weighted by molar-refractivity contribution is -0.141. The lowest BCUT2D eigenvalue weighted by Crippen LogP contribution is -2.42. The number of aliphatic carboxylic acids is 1. The number of ether oxygens (including phenoxy) is 1. The fourth-order valence-electron chi connectivity index (χ4n) is 2.62. The third-order valence-electron chi connectivity index (χ3n) is 4.44. The standard InChI is InChI=1S/C20H25NO5S/c1-14(2)17-7-5-16(6-8-17)13-21(15(3)20(22)23)27(24,25)19-11-9-18(26-4)10-12-19/h5-12,14-15H,13H2,1-4H3,(H,22,23)/t15-/m1/s1. The van der Waals surface area contributed by atoms with Gasteiger partial charge in [0.1, 0.15) is 11.8 Å². The Labute approximate surface area is 160 Å². The fraction of sp³-hybridized carbons (Fsp3) is 0.350. The average Bonchev–Trinajstić information content (AvgIpc) is 2.65. The number of benzene rings is 2. The van der Waals surface area contributed by atoms with Gasteiger partial charge in [-0.15, -0.1) is 0 Å². The number of carboxylic acids is 1. The molecule has 0 aliphatic carbocycles. The molecule has 2 aromatic rings. The molecule has 6 nitrogen and oxygen atoms in total. The van der Waals surface area contributed by atoms with Crippen molar-refractivity contribution in [2.75, 3.05) is 7.11 Å². The topological polar surface area (TPSA) is 83.9 Å². The quantitative estimate of drug-likeness (QED) is 0.745. The molecule has 146 valence electrons. The second-order valence-electron chi connectivity index (χ2n) is 6.64. The number of sulfonamides is 1. The molecule has 0 bridgehead atoms. The van der Waals surface area contributed by atoms with E-state index in [2.05, 4.69) is 13.8 Å². The van der Waals surface area contributed by atoms with Crippen molar-refractivity contribution in [1.82, 2.24) is 4.31 Å². The summed E-state index contributed by atoms with van der Waals surface area (Å²) in [5, 5.41) is 9.41. The summed E-state index contributed by atoms with van der Waals surface area (Å²) in [5.41, 5.74) is 1.86. The number of nitrogens with zero attached hydrogens (tertiary/aromatic N) is 1. The van der Waals surface area contributed by atoms with Gasteiger partial charge >= 0.3 is 5.97 Å². The van der Waals surface area contributed by atoms with Crippen molar-refractivity contribution >= 4 is 16.0 Å². The van der Waals surface area contributed by atoms with Crippen LogP contribution in [0, 0.1) is 0 Å². The van der Waals surface area contributed by atoms with Crippen LogP contribution in [-0.4, -0.2) is 37.0 Å². The van der Waals surface area contributed by atoms with Crippen LogP contribution in [0.3, 0.4) is 0 Å². The van der Waals surface area contributed by atoms with Gasteiger partial charge < -0.3 is 9.84 Å². The van der Waals surface area contributed by atoms with Crippen molar-refractivity contribution in [3.8, 4) is 5.75 Å². The first-order valence-electron chi connectivity index (χ1n) is 8.64. The number of hydrogen-bond acceptors (Lipinski definition) is 4. The highest BCUT2D eigenvalue weighted by molar-refractivity contribution is 7.89. The highest BCUT2D eigenvalue weighted by atomic mass is 32.2. The van der Waals surface area contributed by atoms with E-state index in [1.54, 1.807) is 0 Å². The van der Waals surface area contributed by atoms with Crippen LogP contribution in [0.1, 0.15) is 37.8 Å². The van der Waals surface area contributed by atoms with Gasteiger partial charge in [-0.3, -0.25) is 4.79 Å². The van der Waals surface area contributed by atoms with Crippen LogP contribution < -0.4 is 4.74 Å². The third-order valence-corrected chi connectivity index (χ3v) is 6.37. The Hall–Kier alpha value is -2.38. The van der Waals surface area contributed by atoms with Gasteiger partial charge in [0.05, 0.1) is 12.0 Å². The number of hydrogen-bond donors (Lipinski definition) is 1. The Kier molecular flexibility index (Phi) is 6.62. The Morgan fingerprint density at radius 2 is 1.59 bits per heavy atom. The van der Waals surface area contributed by atoms with Gasteiger partial charge in [0.2, 0.25) is 10.0 Å². The molecule has 0 spiro atoms. The summed E-state index contributed by atoms with van der Waals surface area (Å²) in [6.45, 7) is 5.48. The van der Waals surface area contributed by atoms with Crippen LogP contribution in [0.15, 0.2) is 53.4 Å². The minimum atomic E-state index is -4.00. The zero-order valence-electron chi connectivity index (χ0n) is 15.9. The summed E-state index contributed by atoms with van der Waals surface area (Å²) < 4.78 is 32.2. The van der Waals surface area contributed by atoms with Crippen LogP contribution in [0.25, 0.3) is 0 Å². The van der Waals surface area contributed by atoms with Crippen molar-refractivity contribution in [3.63, 3.8) is 0 Å². The smallest absolute Gasteiger partial charge is 0.321 e. The van der Waals surface area contributed by atoms with Crippen molar-refractivity contribution in [1.29, 1.82) is 0 Å². The normalized spacial score (nSPS) is 13.0. The first kappa shape index (κ1) is 20.9. The van der Waals surface area contributed by atoms with Gasteiger partial charge in [-0.1, -0.05) is 38.1 Å². The number of methoxy groups -OCH3 is 1. The lowest BCUT2D eigenvalue weighted by atomic mass is 10.0. The summed E-state index contributed by atoms with van der Waals surface area (Å²) in [6, 6.07) is 12.2. The van der Waals surface area contributed by atoms with E-state index in [1.165, 1.54) is 38.3 Å². The average molecular weight is 391 g/mol. The van der Waals surface area contributed by atoms with E-state index in [1.807, 2.05) is 24.3 Å². The van der Waals surface area contributed by atoms with Crippen LogP contribution in [0.2, 0.25) is 0 Å². The van der Waals surface area contributed by atoms with Gasteiger partial charge in [0, 0.05) is 6.54 Å². The Morgan fingerprint density at radius 1 is 1.04 bits per heavy atom. The van der Waals surface area contributed by atoms with Crippen LogP contribution in [0.4, 0.5) is 0 Å². The molecule has 2 aromatic carbocycles. The Bertz CT molecular complexity index is 874. The molecule has 0 aromatic heterocycles. The second-order valence-corrected chi connectivity index (χ2v) is 8.53. The van der Waals surface area contributed by atoms with Crippen LogP contribution in [0.5, 0.6) is 5.75 Å². The predicted octanol–water partition coefficient (Wildman–Crippen LogP) is 3.48. The molecule has 1 atom stereocenters. The number of rotatable bonds is 8. The van der Waals surface area contributed by atoms with Crippen molar-refractivity contribution in [2.24, 2.45) is 0 Å². The molecular weight excluding hydrogens is 366 g/mol. The molecule has 0 saturated carbocycles. The zero-order valence-corrected chi connectivity index (χ0v) is 16.7. The van der Waals surface area contributed by atoms with Gasteiger partial charge in [-0.05, 0) is 48.2 Å². The van der Waals surface area contributed by atoms with Crippen molar-refractivity contribution < 1.29 is 23.1 Å². The molecule has 0 amide bonds. The molecule has 0 aliphatic rings. The maximum absolute atomic E-state index is 13.1. The molecule has 0 heterocycles. The van der Waals surface area contributed by atoms with E-state index in [4.69, 9.17) is 4.74 Å². The number of carbonyl (C=O) groups is 1. The highest BCUT2D eigenvalue weighted by Gasteiger charge is 2.33. The molecule has 27 heavy (non-hydrogen) atoms. The second kappa shape index (κ2) is 8.54. The molecule has 0 saturated heterocycles. The van der Waals surface area contributed by atoms with E-state index >= 15 is 0 Å². The summed E-state index contributed by atoms with van der Waals surface area (Å²) in [7, 11) is -2.51. The fourth-order valence-corrected chi connectivity index (χ4v) is 4.20. The van der Waals surface area contributed by atoms with Gasteiger partial charge in [-0.25, -0.2) is 8.42 Å². The Morgan fingerprint density at radius 3 is 2.04 bits per heavy atom. The third kappa shape index (κ3) is 4.87. The summed E-state index contributed by atoms with van der Waals surface area (Å²) in [4.78, 5) is 11.6. The van der Waals surface area contributed by atoms with Crippen LogP contribution in [-0.2, 0) is 21.4 Å². The van der Waals surface area contributed by atoms with Crippen molar-refractivity contribution in [2.45, 2.75) is 44.2 Å². The largest absolute Gasteiger partial charge is 0.497 e. The van der Waals surface area contributed by atoms with Gasteiger partial charge in [-0.2, -0.15) is 4.31 Å². The van der Waals surface area contributed by atoms with Gasteiger partial charge in [0.25, 0.3) is 0 Å². The van der Waals surface area contributed by atoms with E-state index in [0.717, 1.165) is 15.4 Å². The molecule has 0 unspecified atom stereocenters. The monoisotopic (exact) mass is 391 g/mol. The first-order chi connectivity index (χ1) is 12.7. The molecule has 1 N–H and O–H groups in total. The maximum Gasteiger partial charge on any atom is 0.321 e. The Balaban J connectivity index is 2.39. The minimum Gasteiger partial charge on any atom is -0.497 e. The summed E-state index contributed by atoms with van der Waals surface area (Å²) in [5.74, 6) is -0.321. The molecular formula is C20H25NO5S. The SMILES string of the molecule is COc1ccc(S(=O)(=O)N(Cc2ccc(C(C)C)cc2)[C@H](C)C(=O)O)cc1. The summed E-state index contributed by atoms with van der Waals surface area (Å²) in [6.07, 6.45) is 0. The number of carboxylic acid groups (broad SMARTS) is 1. The van der Waals surface area contributed by atoms with Gasteiger partial charge in [0.15, 0.2) is 0 Å². The predicted molar refractivity (Wildman–Crippen MR) is 103 cm³/mol. The molecule has 0 radical (unpaired) electrons. The zero-order chi connectivity index (χ0) is 20.2. The first-order valence-corrected chi connectivity index (χ1v) is 10.1. The maximum atomic E-state index is 13.1. The molecule has 7 heteroatoms. The highest BCUT2D eigenvalue weighted by Crippen LogP contribution is 2.24. The van der Waals surface area contributed by atoms with Crippen LogP contribution >= 0.6 is 0 Å². The van der Waals surface area contributed by atoms with E-state index in [9.17, 15) is 18.3 Å². The minimum absolute atomic E-state index is 0.0233. The molecule has 0 fully saturated rings. The van der Waals surface area contributed by atoms with E-state index < -0.39 is 22.0 Å². The van der Waals surface area contributed by atoms with Crippen molar-refractivity contribution in [3.05, 3.63) is 59.7 Å².